The van der Waals surface area contributed by atoms with E-state index < -0.39 is 5.97 Å². The average molecular weight is 325 g/mol. The third kappa shape index (κ3) is 2.70. The summed E-state index contributed by atoms with van der Waals surface area (Å²) < 4.78 is 5.88. The molecule has 2 heterocycles. The summed E-state index contributed by atoms with van der Waals surface area (Å²) in [5.74, 6) is -0.627. The van der Waals surface area contributed by atoms with Gasteiger partial charge in [0.2, 0.25) is 0 Å². The zero-order chi connectivity index (χ0) is 16.7. The first-order chi connectivity index (χ1) is 11.6. The fourth-order valence-corrected chi connectivity index (χ4v) is 4.58. The van der Waals surface area contributed by atoms with Gasteiger partial charge in [0.25, 0.3) is 0 Å². The van der Waals surface area contributed by atoms with Crippen molar-refractivity contribution in [1.82, 2.24) is 4.90 Å². The number of carboxylic acid groups (broad SMARTS) is 1. The van der Waals surface area contributed by atoms with Gasteiger partial charge in [0, 0.05) is 18.0 Å². The van der Waals surface area contributed by atoms with Crippen molar-refractivity contribution in [2.24, 2.45) is 0 Å². The second-order valence-electron chi connectivity index (χ2n) is 7.08. The number of fused-ring (bicyclic) bond motifs is 3. The molecule has 0 radical (unpaired) electrons. The molecule has 4 atom stereocenters. The molecule has 0 aliphatic carbocycles. The number of carboxylic acids is 1. The molecule has 126 valence electrons. The first-order valence-electron chi connectivity index (χ1n) is 8.67. The van der Waals surface area contributed by atoms with Crippen LogP contribution in [0.4, 0.5) is 0 Å². The van der Waals surface area contributed by atoms with Crippen LogP contribution in [-0.2, 0) is 9.53 Å². The van der Waals surface area contributed by atoms with E-state index in [0.29, 0.717) is 12.1 Å². The average Bonchev–Trinajstić information content (AvgIpc) is 2.83. The second kappa shape index (κ2) is 6.19. The Bertz CT molecular complexity index is 759. The number of piperidine rings is 1. The number of benzene rings is 2. The summed E-state index contributed by atoms with van der Waals surface area (Å²) in [6, 6.07) is 15.9. The van der Waals surface area contributed by atoms with Crippen molar-refractivity contribution in [2.45, 2.75) is 43.4 Å². The molecule has 2 fully saturated rings. The number of hydrogen-bond acceptors (Lipinski definition) is 3. The Morgan fingerprint density at radius 2 is 2.00 bits per heavy atom. The molecule has 2 aromatic rings. The summed E-state index contributed by atoms with van der Waals surface area (Å²) in [5, 5.41) is 11.5. The molecule has 2 aromatic carbocycles. The van der Waals surface area contributed by atoms with Crippen LogP contribution in [0.15, 0.2) is 42.5 Å². The van der Waals surface area contributed by atoms with Gasteiger partial charge >= 0.3 is 5.97 Å². The Hall–Kier alpha value is -1.91. The fourth-order valence-electron chi connectivity index (χ4n) is 4.58. The second-order valence-corrected chi connectivity index (χ2v) is 7.08. The summed E-state index contributed by atoms with van der Waals surface area (Å²) in [6.07, 6.45) is 3.26. The number of nitrogens with zero attached hydrogens (tertiary/aromatic N) is 1. The summed E-state index contributed by atoms with van der Waals surface area (Å²) in [4.78, 5) is 13.4. The van der Waals surface area contributed by atoms with Gasteiger partial charge in [-0.2, -0.15) is 0 Å². The van der Waals surface area contributed by atoms with Crippen LogP contribution in [0.5, 0.6) is 0 Å². The summed E-state index contributed by atoms with van der Waals surface area (Å²) >= 11 is 0. The molecule has 2 saturated heterocycles. The van der Waals surface area contributed by atoms with Crippen LogP contribution >= 0.6 is 0 Å². The van der Waals surface area contributed by atoms with Gasteiger partial charge < -0.3 is 9.84 Å². The molecule has 0 aromatic heterocycles. The quantitative estimate of drug-likeness (QED) is 0.937. The van der Waals surface area contributed by atoms with E-state index in [4.69, 9.17) is 9.84 Å². The van der Waals surface area contributed by atoms with Crippen LogP contribution in [-0.4, -0.2) is 47.8 Å². The van der Waals surface area contributed by atoms with Crippen LogP contribution < -0.4 is 0 Å². The molecular weight excluding hydrogens is 302 g/mol. The van der Waals surface area contributed by atoms with Crippen molar-refractivity contribution in [1.29, 1.82) is 0 Å². The van der Waals surface area contributed by atoms with Crippen LogP contribution in [0.3, 0.4) is 0 Å². The van der Waals surface area contributed by atoms with E-state index in [0.717, 1.165) is 12.8 Å². The molecule has 4 heteroatoms. The molecule has 4 nitrogen and oxygen atoms in total. The number of carbonyl (C=O) groups is 1. The normalized spacial score (nSPS) is 29.9. The van der Waals surface area contributed by atoms with Crippen molar-refractivity contribution in [3.05, 3.63) is 48.0 Å². The van der Waals surface area contributed by atoms with Gasteiger partial charge in [-0.15, -0.1) is 0 Å². The largest absolute Gasteiger partial charge is 0.480 e. The number of likely N-dealkylation sites (N-methyl/N-ethyl adjacent to an activating group) is 1. The SMILES string of the molecule is CN1[C@H]2CC[C@@H]1[C@H](OCC(=O)O)[C@H](c1ccc3ccccc3c1)C2. The van der Waals surface area contributed by atoms with E-state index in [-0.39, 0.29) is 18.6 Å². The fraction of sp³-hybridized carbons (Fsp3) is 0.450. The van der Waals surface area contributed by atoms with Gasteiger partial charge in [0.1, 0.15) is 6.61 Å². The highest BCUT2D eigenvalue weighted by Gasteiger charge is 2.46. The third-order valence-corrected chi connectivity index (χ3v) is 5.80. The number of rotatable bonds is 4. The van der Waals surface area contributed by atoms with Gasteiger partial charge in [-0.05, 0) is 42.6 Å². The first kappa shape index (κ1) is 15.6. The molecule has 1 N–H and O–H groups in total. The van der Waals surface area contributed by atoms with E-state index in [9.17, 15) is 4.79 Å². The predicted octanol–water partition coefficient (Wildman–Crippen LogP) is 3.26. The highest BCUT2D eigenvalue weighted by molar-refractivity contribution is 5.83. The van der Waals surface area contributed by atoms with Crippen molar-refractivity contribution in [3.8, 4) is 0 Å². The van der Waals surface area contributed by atoms with Gasteiger partial charge in [0.05, 0.1) is 6.10 Å². The zero-order valence-electron chi connectivity index (χ0n) is 13.9. The Kier molecular flexibility index (Phi) is 4.02. The smallest absolute Gasteiger partial charge is 0.329 e. The monoisotopic (exact) mass is 325 g/mol. The lowest BCUT2D eigenvalue weighted by Crippen LogP contribution is -2.50. The predicted molar refractivity (Wildman–Crippen MR) is 93.3 cm³/mol. The molecule has 0 spiro atoms. The summed E-state index contributed by atoms with van der Waals surface area (Å²) in [7, 11) is 2.15. The molecule has 2 aliphatic rings. The molecule has 0 unspecified atom stereocenters. The molecule has 0 amide bonds. The molecule has 4 rings (SSSR count). The maximum atomic E-state index is 11.0. The van der Waals surface area contributed by atoms with E-state index in [1.54, 1.807) is 0 Å². The minimum Gasteiger partial charge on any atom is -0.480 e. The summed E-state index contributed by atoms with van der Waals surface area (Å²) in [5.41, 5.74) is 1.27. The van der Waals surface area contributed by atoms with Crippen molar-refractivity contribution < 1.29 is 14.6 Å². The van der Waals surface area contributed by atoms with Crippen LogP contribution in [0.1, 0.15) is 30.7 Å². The highest BCUT2D eigenvalue weighted by Crippen LogP contribution is 2.44. The summed E-state index contributed by atoms with van der Waals surface area (Å²) in [6.45, 7) is -0.218. The maximum absolute atomic E-state index is 11.0. The topological polar surface area (TPSA) is 49.8 Å². The maximum Gasteiger partial charge on any atom is 0.329 e. The lowest BCUT2D eigenvalue weighted by Gasteiger charge is -2.42. The first-order valence-corrected chi connectivity index (χ1v) is 8.67. The van der Waals surface area contributed by atoms with Crippen LogP contribution in [0, 0.1) is 0 Å². The minimum atomic E-state index is -0.893. The lowest BCUT2D eigenvalue weighted by molar-refractivity contribution is -0.147. The molecular formula is C20H23NO3. The Morgan fingerprint density at radius 3 is 2.79 bits per heavy atom. The van der Waals surface area contributed by atoms with Crippen LogP contribution in [0.25, 0.3) is 10.8 Å². The molecule has 24 heavy (non-hydrogen) atoms. The van der Waals surface area contributed by atoms with Gasteiger partial charge in [-0.3, -0.25) is 4.90 Å². The third-order valence-electron chi connectivity index (χ3n) is 5.80. The zero-order valence-corrected chi connectivity index (χ0v) is 13.9. The van der Waals surface area contributed by atoms with E-state index in [2.05, 4.69) is 54.4 Å². The van der Waals surface area contributed by atoms with Gasteiger partial charge in [0.15, 0.2) is 0 Å². The lowest BCUT2D eigenvalue weighted by atomic mass is 9.82. The van der Waals surface area contributed by atoms with Gasteiger partial charge in [-0.1, -0.05) is 42.5 Å². The molecule has 0 saturated carbocycles. The number of hydrogen-bond donors (Lipinski definition) is 1. The minimum absolute atomic E-state index is 0.0500. The standard InChI is InChI=1S/C20H23NO3/c1-21-16-8-9-18(21)20(24-12-19(22)23)17(11-16)15-7-6-13-4-2-3-5-14(13)10-15/h2-7,10,16-18,20H,8-9,11-12H2,1H3,(H,22,23)/t16-,17-,18+,20+/m0/s1. The Labute approximate surface area is 142 Å². The van der Waals surface area contributed by atoms with Gasteiger partial charge in [-0.25, -0.2) is 4.79 Å². The van der Waals surface area contributed by atoms with Crippen LogP contribution in [0.2, 0.25) is 0 Å². The number of ether oxygens (including phenoxy) is 1. The van der Waals surface area contributed by atoms with E-state index in [1.165, 1.54) is 22.8 Å². The van der Waals surface area contributed by atoms with Crippen molar-refractivity contribution in [3.63, 3.8) is 0 Å². The Balaban J connectivity index is 1.68. The Morgan fingerprint density at radius 1 is 1.21 bits per heavy atom. The number of aliphatic carboxylic acids is 1. The highest BCUT2D eigenvalue weighted by atomic mass is 16.5. The van der Waals surface area contributed by atoms with Crippen molar-refractivity contribution >= 4 is 16.7 Å². The molecule has 2 aliphatic heterocycles. The van der Waals surface area contributed by atoms with Crippen molar-refractivity contribution in [2.75, 3.05) is 13.7 Å². The van der Waals surface area contributed by atoms with E-state index in [1.807, 2.05) is 0 Å². The molecule has 2 bridgehead atoms. The van der Waals surface area contributed by atoms with E-state index >= 15 is 0 Å².